The number of nitrogens with zero attached hydrogens (tertiary/aromatic N) is 2. The monoisotopic (exact) mass is 360 g/mol. The third-order valence-electron chi connectivity index (χ3n) is 4.82. The van der Waals surface area contributed by atoms with E-state index >= 15 is 0 Å². The largest absolute Gasteiger partial charge is 0.477 e. The van der Waals surface area contributed by atoms with Gasteiger partial charge in [-0.05, 0) is 20.0 Å². The number of piperazine rings is 1. The quantitative estimate of drug-likeness (QED) is 0.439. The molecule has 23 heavy (non-hydrogen) atoms. The van der Waals surface area contributed by atoms with Gasteiger partial charge in [-0.15, -0.1) is 0 Å². The lowest BCUT2D eigenvalue weighted by Crippen LogP contribution is -2.64. The first-order valence-electron chi connectivity index (χ1n) is 7.77. The summed E-state index contributed by atoms with van der Waals surface area (Å²) in [5.41, 5.74) is -0.499. The summed E-state index contributed by atoms with van der Waals surface area (Å²) in [6.07, 6.45) is 1.95. The van der Waals surface area contributed by atoms with Crippen molar-refractivity contribution in [2.75, 3.05) is 27.2 Å². The van der Waals surface area contributed by atoms with Crippen LogP contribution in [0.4, 0.5) is 0 Å². The highest BCUT2D eigenvalue weighted by atomic mass is 32.2. The van der Waals surface area contributed by atoms with E-state index in [4.69, 9.17) is 0 Å². The molecule has 2 rings (SSSR count). The normalized spacial score (nSPS) is 28.9. The molecule has 2 N–H and O–H groups in total. The number of hydrogen-bond acceptors (Lipinski definition) is 6. The molecular formula is C15H24N2O4S2. The molecule has 2 heterocycles. The predicted molar refractivity (Wildman–Crippen MR) is 93.3 cm³/mol. The summed E-state index contributed by atoms with van der Waals surface area (Å²) in [7, 11) is 4.10. The van der Waals surface area contributed by atoms with E-state index in [2.05, 4.69) is 30.7 Å². The molecule has 6 nitrogen and oxygen atoms in total. The van der Waals surface area contributed by atoms with Gasteiger partial charge in [0.2, 0.25) is 0 Å². The summed E-state index contributed by atoms with van der Waals surface area (Å²) >= 11 is 2.84. The molecule has 2 aliphatic heterocycles. The van der Waals surface area contributed by atoms with Crippen LogP contribution < -0.4 is 0 Å². The van der Waals surface area contributed by atoms with Crippen LogP contribution in [0, 0.1) is 5.92 Å². The van der Waals surface area contributed by atoms with Crippen molar-refractivity contribution in [2.24, 2.45) is 5.92 Å². The van der Waals surface area contributed by atoms with Crippen molar-refractivity contribution in [1.82, 2.24) is 9.80 Å². The average Bonchev–Trinajstić information content (AvgIpc) is 2.86. The Kier molecular flexibility index (Phi) is 5.71. The van der Waals surface area contributed by atoms with Gasteiger partial charge in [0.1, 0.15) is 4.87 Å². The summed E-state index contributed by atoms with van der Waals surface area (Å²) in [6, 6.07) is 0. The molecule has 2 saturated heterocycles. The molecule has 0 aromatic rings. The molecule has 2 aliphatic rings. The minimum absolute atomic E-state index is 0.0554. The van der Waals surface area contributed by atoms with E-state index in [-0.39, 0.29) is 10.2 Å². The van der Waals surface area contributed by atoms with Gasteiger partial charge in [-0.2, -0.15) is 0 Å². The zero-order valence-electron chi connectivity index (χ0n) is 13.9. The van der Waals surface area contributed by atoms with Gasteiger partial charge >= 0.3 is 11.9 Å². The second-order valence-electron chi connectivity index (χ2n) is 6.01. The van der Waals surface area contributed by atoms with E-state index in [0.717, 1.165) is 25.9 Å². The lowest BCUT2D eigenvalue weighted by Gasteiger charge is -2.53. The van der Waals surface area contributed by atoms with Crippen molar-refractivity contribution in [3.05, 3.63) is 9.81 Å². The fourth-order valence-electron chi connectivity index (χ4n) is 3.53. The van der Waals surface area contributed by atoms with Gasteiger partial charge in [-0.3, -0.25) is 9.80 Å². The van der Waals surface area contributed by atoms with Crippen molar-refractivity contribution in [1.29, 1.82) is 0 Å². The van der Waals surface area contributed by atoms with Gasteiger partial charge in [0.05, 0.1) is 9.61 Å². The molecule has 0 saturated carbocycles. The molecular weight excluding hydrogens is 336 g/mol. The second kappa shape index (κ2) is 7.04. The molecule has 0 bridgehead atoms. The van der Waals surface area contributed by atoms with Crippen molar-refractivity contribution >= 4 is 35.5 Å². The minimum Gasteiger partial charge on any atom is -0.477 e. The summed E-state index contributed by atoms with van der Waals surface area (Å²) in [5, 5.41) is 18.7. The van der Waals surface area contributed by atoms with E-state index in [1.54, 1.807) is 0 Å². The zero-order chi connectivity index (χ0) is 17.4. The van der Waals surface area contributed by atoms with Crippen LogP contribution in [0.5, 0.6) is 0 Å². The van der Waals surface area contributed by atoms with Crippen LogP contribution in [-0.4, -0.2) is 69.4 Å². The molecule has 2 atom stereocenters. The Morgan fingerprint density at radius 2 is 1.78 bits per heavy atom. The second-order valence-corrected chi connectivity index (χ2v) is 8.63. The first kappa shape index (κ1) is 18.6. The van der Waals surface area contributed by atoms with Crippen LogP contribution in [0.2, 0.25) is 0 Å². The number of fused-ring (bicyclic) bond motifs is 1. The summed E-state index contributed by atoms with van der Waals surface area (Å²) in [4.78, 5) is 27.1. The minimum atomic E-state index is -1.36. The Hall–Kier alpha value is -0.700. The van der Waals surface area contributed by atoms with Crippen molar-refractivity contribution in [2.45, 2.75) is 36.9 Å². The van der Waals surface area contributed by atoms with E-state index < -0.39 is 17.5 Å². The van der Waals surface area contributed by atoms with E-state index in [1.165, 1.54) is 23.5 Å². The molecule has 0 radical (unpaired) electrons. The van der Waals surface area contributed by atoms with Crippen LogP contribution in [0.3, 0.4) is 0 Å². The lowest BCUT2D eigenvalue weighted by atomic mass is 9.90. The molecule has 0 spiro atoms. The van der Waals surface area contributed by atoms with Crippen LogP contribution in [0.15, 0.2) is 9.81 Å². The molecule has 0 aromatic heterocycles. The molecule has 130 valence electrons. The molecule has 0 aliphatic carbocycles. The Bertz CT molecular complexity index is 520. The molecule has 0 amide bonds. The number of carboxylic acids is 2. The average molecular weight is 361 g/mol. The fraction of sp³-hybridized carbons (Fsp3) is 0.733. The van der Waals surface area contributed by atoms with Gasteiger partial charge in [-0.25, -0.2) is 9.59 Å². The molecule has 0 aromatic carbocycles. The lowest BCUT2D eigenvalue weighted by molar-refractivity contribution is -0.140. The van der Waals surface area contributed by atoms with Gasteiger partial charge in [0, 0.05) is 13.1 Å². The summed E-state index contributed by atoms with van der Waals surface area (Å²) < 4.78 is 0.419. The van der Waals surface area contributed by atoms with E-state index in [1.807, 2.05) is 7.05 Å². The highest BCUT2D eigenvalue weighted by molar-refractivity contribution is 8.26. The number of thioether (sulfide) groups is 2. The summed E-state index contributed by atoms with van der Waals surface area (Å²) in [5.74, 6) is -2.37. The Balaban J connectivity index is 2.57. The number of hydrogen-bond donors (Lipinski definition) is 2. The van der Waals surface area contributed by atoms with Crippen LogP contribution in [-0.2, 0) is 9.59 Å². The maximum atomic E-state index is 11.4. The number of carboxylic acid groups (broad SMARTS) is 2. The topological polar surface area (TPSA) is 81.1 Å². The van der Waals surface area contributed by atoms with Gasteiger partial charge in [0.25, 0.3) is 0 Å². The first-order chi connectivity index (χ1) is 10.8. The fourth-order valence-corrected chi connectivity index (χ4v) is 7.61. The maximum absolute atomic E-state index is 11.4. The number of aliphatic carboxylic acids is 2. The van der Waals surface area contributed by atoms with E-state index in [9.17, 15) is 19.8 Å². The van der Waals surface area contributed by atoms with Crippen molar-refractivity contribution < 1.29 is 19.8 Å². The standard InChI is InChI=1S/C15H24N2O4S2/c1-5-9(6-2)15-14(16(3)7-8-17(15)4)22-13(23-15)10(11(18)19)12(20)21/h9,14H,5-8H2,1-4H3,(H,18,19)(H,20,21). The van der Waals surface area contributed by atoms with Crippen molar-refractivity contribution in [3.8, 4) is 0 Å². The number of rotatable bonds is 5. The SMILES string of the molecule is CCC(CC)C12SC(=C(C(=O)O)C(=O)O)SC1N(C)CCN2C. The molecule has 8 heteroatoms. The number of likely N-dealkylation sites (N-methyl/N-ethyl adjacent to an activating group) is 2. The van der Waals surface area contributed by atoms with Crippen molar-refractivity contribution in [3.63, 3.8) is 0 Å². The zero-order valence-corrected chi connectivity index (χ0v) is 15.5. The van der Waals surface area contributed by atoms with Gasteiger partial charge in [0.15, 0.2) is 5.57 Å². The van der Waals surface area contributed by atoms with Gasteiger partial charge < -0.3 is 10.2 Å². The Morgan fingerprint density at radius 1 is 1.22 bits per heavy atom. The Morgan fingerprint density at radius 3 is 2.26 bits per heavy atom. The smallest absolute Gasteiger partial charge is 0.344 e. The van der Waals surface area contributed by atoms with Crippen LogP contribution in [0.25, 0.3) is 0 Å². The summed E-state index contributed by atoms with van der Waals surface area (Å²) in [6.45, 7) is 6.06. The Labute approximate surface area is 145 Å². The van der Waals surface area contributed by atoms with Crippen LogP contribution in [0.1, 0.15) is 26.7 Å². The predicted octanol–water partition coefficient (Wildman–Crippen LogP) is 2.18. The van der Waals surface area contributed by atoms with Crippen LogP contribution >= 0.6 is 23.5 Å². The third kappa shape index (κ3) is 3.01. The van der Waals surface area contributed by atoms with Gasteiger partial charge in [-0.1, -0.05) is 50.2 Å². The van der Waals surface area contributed by atoms with E-state index in [0.29, 0.717) is 10.2 Å². The highest BCUT2D eigenvalue weighted by Crippen LogP contribution is 2.62. The number of carbonyl (C=O) groups is 2. The molecule has 2 fully saturated rings. The third-order valence-corrected chi connectivity index (χ3v) is 8.45. The molecule has 2 unspecified atom stereocenters. The maximum Gasteiger partial charge on any atom is 0.344 e. The first-order valence-corrected chi connectivity index (χ1v) is 9.47. The highest BCUT2D eigenvalue weighted by Gasteiger charge is 2.58.